The molecule has 0 aliphatic carbocycles. The van der Waals surface area contributed by atoms with Crippen LogP contribution in [0.15, 0.2) is 35.3 Å². The smallest absolute Gasteiger partial charge is 0.341 e. The van der Waals surface area contributed by atoms with Crippen LogP contribution in [0.2, 0.25) is 0 Å². The number of benzene rings is 1. The molecule has 0 radical (unpaired) electrons. The number of pyridine rings is 1. The molecule has 2 rings (SSSR count). The summed E-state index contributed by atoms with van der Waals surface area (Å²) in [5.74, 6) is -1.67. The van der Waals surface area contributed by atoms with E-state index in [9.17, 15) is 19.1 Å². The fraction of sp³-hybridized carbons (Fsp3) is 0.250. The molecule has 4 nitrogen and oxygen atoms in total. The first-order valence-electron chi connectivity index (χ1n) is 6.58. The van der Waals surface area contributed by atoms with Gasteiger partial charge in [-0.3, -0.25) is 4.79 Å². The van der Waals surface area contributed by atoms with Gasteiger partial charge in [0.2, 0.25) is 5.43 Å². The lowest BCUT2D eigenvalue weighted by Crippen LogP contribution is -2.23. The van der Waals surface area contributed by atoms with Crippen molar-refractivity contribution in [2.75, 3.05) is 0 Å². The van der Waals surface area contributed by atoms with Crippen molar-refractivity contribution in [3.8, 4) is 11.1 Å². The van der Waals surface area contributed by atoms with Crippen LogP contribution < -0.4 is 5.43 Å². The normalized spacial score (nSPS) is 10.9. The number of carbonyl (C=O) groups is 1. The number of hydrogen-bond acceptors (Lipinski definition) is 2. The maximum atomic E-state index is 13.0. The number of carboxylic acids is 1. The summed E-state index contributed by atoms with van der Waals surface area (Å²) in [6, 6.07) is 5.47. The molecule has 0 atom stereocenters. The Kier molecular flexibility index (Phi) is 3.93. The number of rotatable bonds is 3. The molecule has 1 aromatic carbocycles. The summed E-state index contributed by atoms with van der Waals surface area (Å²) in [6.07, 6.45) is 1.36. The summed E-state index contributed by atoms with van der Waals surface area (Å²) in [5, 5.41) is 9.20. The molecular formula is C16H16FNO3. The quantitative estimate of drug-likeness (QED) is 0.943. The van der Waals surface area contributed by atoms with E-state index < -0.39 is 17.2 Å². The molecule has 0 saturated carbocycles. The van der Waals surface area contributed by atoms with Crippen LogP contribution >= 0.6 is 0 Å². The van der Waals surface area contributed by atoms with Gasteiger partial charge < -0.3 is 9.67 Å². The highest BCUT2D eigenvalue weighted by atomic mass is 19.1. The fourth-order valence-electron chi connectivity index (χ4n) is 2.37. The Balaban J connectivity index is 2.83. The van der Waals surface area contributed by atoms with E-state index in [1.54, 1.807) is 11.5 Å². The minimum atomic E-state index is -1.27. The number of halogens is 1. The molecular weight excluding hydrogens is 273 g/mol. The molecule has 21 heavy (non-hydrogen) atoms. The van der Waals surface area contributed by atoms with Gasteiger partial charge in [-0.15, -0.1) is 0 Å². The van der Waals surface area contributed by atoms with Gasteiger partial charge in [-0.1, -0.05) is 12.1 Å². The predicted molar refractivity (Wildman–Crippen MR) is 78.2 cm³/mol. The topological polar surface area (TPSA) is 59.3 Å². The van der Waals surface area contributed by atoms with E-state index in [1.807, 2.05) is 13.8 Å². The maximum Gasteiger partial charge on any atom is 0.341 e. The molecule has 1 aromatic heterocycles. The van der Waals surface area contributed by atoms with Crippen molar-refractivity contribution in [3.63, 3.8) is 0 Å². The second-order valence-corrected chi connectivity index (χ2v) is 5.15. The Bertz CT molecular complexity index is 745. The van der Waals surface area contributed by atoms with Gasteiger partial charge >= 0.3 is 5.97 Å². The van der Waals surface area contributed by atoms with Crippen LogP contribution in [-0.4, -0.2) is 15.6 Å². The molecule has 0 amide bonds. The number of aromatic nitrogens is 1. The van der Waals surface area contributed by atoms with Crippen LogP contribution in [0, 0.1) is 12.7 Å². The van der Waals surface area contributed by atoms with Gasteiger partial charge in [0.15, 0.2) is 0 Å². The lowest BCUT2D eigenvalue weighted by Gasteiger charge is -2.19. The van der Waals surface area contributed by atoms with Gasteiger partial charge in [0.25, 0.3) is 0 Å². The minimum Gasteiger partial charge on any atom is -0.477 e. The summed E-state index contributed by atoms with van der Waals surface area (Å²) >= 11 is 0. The third kappa shape index (κ3) is 2.72. The Morgan fingerprint density at radius 3 is 2.29 bits per heavy atom. The van der Waals surface area contributed by atoms with Crippen molar-refractivity contribution < 1.29 is 14.3 Å². The first-order valence-corrected chi connectivity index (χ1v) is 6.58. The average Bonchev–Trinajstić information content (AvgIpc) is 2.40. The van der Waals surface area contributed by atoms with Crippen molar-refractivity contribution in [2.24, 2.45) is 0 Å². The van der Waals surface area contributed by atoms with Crippen molar-refractivity contribution in [1.82, 2.24) is 4.57 Å². The average molecular weight is 289 g/mol. The van der Waals surface area contributed by atoms with E-state index in [0.717, 1.165) is 0 Å². The molecule has 1 heterocycles. The minimum absolute atomic E-state index is 0.00268. The molecule has 0 unspecified atom stereocenters. The van der Waals surface area contributed by atoms with Crippen LogP contribution in [0.25, 0.3) is 11.1 Å². The van der Waals surface area contributed by atoms with Crippen LogP contribution in [0.4, 0.5) is 4.39 Å². The van der Waals surface area contributed by atoms with Gasteiger partial charge in [-0.2, -0.15) is 0 Å². The Labute approximate surface area is 121 Å². The molecule has 1 N–H and O–H groups in total. The van der Waals surface area contributed by atoms with E-state index in [-0.39, 0.29) is 11.6 Å². The standard InChI is InChI=1S/C16H16FNO3/c1-9(2)18-8-13(16(20)21)15(19)14(10(18)3)11-4-6-12(17)7-5-11/h4-9H,1-3H3,(H,20,21). The monoisotopic (exact) mass is 289 g/mol. The van der Waals surface area contributed by atoms with Gasteiger partial charge in [0.1, 0.15) is 11.4 Å². The zero-order valence-electron chi connectivity index (χ0n) is 12.1. The van der Waals surface area contributed by atoms with E-state index in [4.69, 9.17) is 0 Å². The van der Waals surface area contributed by atoms with E-state index in [1.165, 1.54) is 30.5 Å². The van der Waals surface area contributed by atoms with Gasteiger partial charge in [-0.05, 0) is 38.5 Å². The molecule has 0 bridgehead atoms. The lowest BCUT2D eigenvalue weighted by atomic mass is 10.0. The van der Waals surface area contributed by atoms with E-state index in [0.29, 0.717) is 16.8 Å². The molecule has 5 heteroatoms. The van der Waals surface area contributed by atoms with Gasteiger partial charge in [-0.25, -0.2) is 9.18 Å². The highest BCUT2D eigenvalue weighted by molar-refractivity contribution is 5.89. The van der Waals surface area contributed by atoms with Crippen molar-refractivity contribution >= 4 is 5.97 Å². The van der Waals surface area contributed by atoms with Gasteiger partial charge in [0.05, 0.1) is 0 Å². The predicted octanol–water partition coefficient (Wildman–Crippen LogP) is 3.24. The zero-order chi connectivity index (χ0) is 15.7. The third-order valence-corrected chi connectivity index (χ3v) is 3.41. The first kappa shape index (κ1) is 15.0. The van der Waals surface area contributed by atoms with Gasteiger partial charge in [0, 0.05) is 23.5 Å². The second-order valence-electron chi connectivity index (χ2n) is 5.15. The van der Waals surface area contributed by atoms with Crippen LogP contribution in [-0.2, 0) is 0 Å². The molecule has 0 aliphatic heterocycles. The number of hydrogen-bond donors (Lipinski definition) is 1. The summed E-state index contributed by atoms with van der Waals surface area (Å²) in [6.45, 7) is 5.56. The van der Waals surface area contributed by atoms with Crippen molar-refractivity contribution in [3.05, 3.63) is 57.8 Å². The largest absolute Gasteiger partial charge is 0.477 e. The molecule has 0 fully saturated rings. The van der Waals surface area contributed by atoms with E-state index in [2.05, 4.69) is 0 Å². The molecule has 110 valence electrons. The molecule has 0 spiro atoms. The maximum absolute atomic E-state index is 13.0. The number of carboxylic acid groups (broad SMARTS) is 1. The fourth-order valence-corrected chi connectivity index (χ4v) is 2.37. The SMILES string of the molecule is Cc1c(-c2ccc(F)cc2)c(=O)c(C(=O)O)cn1C(C)C. The highest BCUT2D eigenvalue weighted by Gasteiger charge is 2.19. The Morgan fingerprint density at radius 2 is 1.81 bits per heavy atom. The van der Waals surface area contributed by atoms with Crippen LogP contribution in [0.5, 0.6) is 0 Å². The Morgan fingerprint density at radius 1 is 1.24 bits per heavy atom. The number of aromatic carboxylic acids is 1. The zero-order valence-corrected chi connectivity index (χ0v) is 12.1. The van der Waals surface area contributed by atoms with Crippen LogP contribution in [0.3, 0.4) is 0 Å². The summed E-state index contributed by atoms with van der Waals surface area (Å²) in [4.78, 5) is 23.7. The van der Waals surface area contributed by atoms with E-state index >= 15 is 0 Å². The summed E-state index contributed by atoms with van der Waals surface area (Å²) in [5.41, 5.74) is 0.628. The van der Waals surface area contributed by atoms with Crippen LogP contribution in [0.1, 0.15) is 35.9 Å². The number of nitrogens with zero attached hydrogens (tertiary/aromatic N) is 1. The Hall–Kier alpha value is -2.43. The first-order chi connectivity index (χ1) is 9.82. The molecule has 0 saturated heterocycles. The molecule has 2 aromatic rings. The summed E-state index contributed by atoms with van der Waals surface area (Å²) in [7, 11) is 0. The molecule has 0 aliphatic rings. The highest BCUT2D eigenvalue weighted by Crippen LogP contribution is 2.23. The summed E-state index contributed by atoms with van der Waals surface area (Å²) < 4.78 is 14.8. The second kappa shape index (κ2) is 5.52. The third-order valence-electron chi connectivity index (χ3n) is 3.41. The van der Waals surface area contributed by atoms with Crippen molar-refractivity contribution in [2.45, 2.75) is 26.8 Å². The van der Waals surface area contributed by atoms with Crippen molar-refractivity contribution in [1.29, 1.82) is 0 Å². The lowest BCUT2D eigenvalue weighted by molar-refractivity contribution is 0.0694.